The monoisotopic (exact) mass is 309 g/mol. The van der Waals surface area contributed by atoms with Gasteiger partial charge in [0.2, 0.25) is 11.7 Å². The average molecular weight is 310 g/mol. The summed E-state index contributed by atoms with van der Waals surface area (Å²) >= 11 is 3.50. The third kappa shape index (κ3) is 2.97. The third-order valence-corrected chi connectivity index (χ3v) is 3.68. The number of aryl methyl sites for hydroxylation is 1. The minimum atomic E-state index is 0.350. The van der Waals surface area contributed by atoms with Gasteiger partial charge in [-0.05, 0) is 31.0 Å². The molecule has 0 aliphatic rings. The molecule has 0 aliphatic heterocycles. The van der Waals surface area contributed by atoms with E-state index in [-0.39, 0.29) is 0 Å². The molecule has 0 bridgehead atoms. The van der Waals surface area contributed by atoms with Gasteiger partial charge in [-0.1, -0.05) is 40.1 Å². The summed E-state index contributed by atoms with van der Waals surface area (Å²) in [6.45, 7) is 4.72. The molecular formula is C13H16BrN3O. The van der Waals surface area contributed by atoms with Gasteiger partial charge in [-0.3, -0.25) is 0 Å². The Bertz CT molecular complexity index is 539. The van der Waals surface area contributed by atoms with E-state index in [1.54, 1.807) is 0 Å². The molecule has 0 radical (unpaired) electrons. The second-order valence-electron chi connectivity index (χ2n) is 4.52. The zero-order valence-electron chi connectivity index (χ0n) is 10.5. The van der Waals surface area contributed by atoms with Crippen molar-refractivity contribution in [3.05, 3.63) is 34.1 Å². The SMILES string of the molecule is Cc1ccc(-c2noc(CC(C)CN)n2)cc1Br. The summed E-state index contributed by atoms with van der Waals surface area (Å²) in [6, 6.07) is 6.01. The molecule has 2 rings (SSSR count). The van der Waals surface area contributed by atoms with Gasteiger partial charge in [-0.25, -0.2) is 0 Å². The quantitative estimate of drug-likeness (QED) is 0.943. The number of hydrogen-bond donors (Lipinski definition) is 1. The number of rotatable bonds is 4. The highest BCUT2D eigenvalue weighted by molar-refractivity contribution is 9.10. The van der Waals surface area contributed by atoms with Crippen LogP contribution in [0.15, 0.2) is 27.2 Å². The van der Waals surface area contributed by atoms with Gasteiger partial charge >= 0.3 is 0 Å². The number of halogens is 1. The largest absolute Gasteiger partial charge is 0.339 e. The maximum Gasteiger partial charge on any atom is 0.227 e. The topological polar surface area (TPSA) is 64.9 Å². The van der Waals surface area contributed by atoms with Crippen molar-refractivity contribution in [2.45, 2.75) is 20.3 Å². The Kier molecular flexibility index (Phi) is 4.14. The molecule has 1 aromatic heterocycles. The minimum Gasteiger partial charge on any atom is -0.339 e. The first-order valence-electron chi connectivity index (χ1n) is 5.89. The summed E-state index contributed by atoms with van der Waals surface area (Å²) in [4.78, 5) is 4.39. The lowest BCUT2D eigenvalue weighted by Gasteiger charge is -2.02. The zero-order valence-corrected chi connectivity index (χ0v) is 12.1. The molecule has 0 aliphatic carbocycles. The molecular weight excluding hydrogens is 294 g/mol. The lowest BCUT2D eigenvalue weighted by atomic mass is 10.1. The maximum absolute atomic E-state index is 5.58. The van der Waals surface area contributed by atoms with E-state index in [2.05, 4.69) is 33.0 Å². The molecule has 1 atom stereocenters. The number of benzene rings is 1. The highest BCUT2D eigenvalue weighted by atomic mass is 79.9. The molecule has 0 fully saturated rings. The molecule has 4 nitrogen and oxygen atoms in total. The van der Waals surface area contributed by atoms with Gasteiger partial charge in [0.15, 0.2) is 0 Å². The fraction of sp³-hybridized carbons (Fsp3) is 0.385. The van der Waals surface area contributed by atoms with Crippen LogP contribution in [0.25, 0.3) is 11.4 Å². The van der Waals surface area contributed by atoms with Crippen LogP contribution in [0.1, 0.15) is 18.4 Å². The number of aromatic nitrogens is 2. The van der Waals surface area contributed by atoms with Crippen LogP contribution in [0.3, 0.4) is 0 Å². The van der Waals surface area contributed by atoms with Crippen molar-refractivity contribution >= 4 is 15.9 Å². The number of hydrogen-bond acceptors (Lipinski definition) is 4. The molecule has 0 saturated carbocycles. The highest BCUT2D eigenvalue weighted by Gasteiger charge is 2.11. The number of nitrogens with two attached hydrogens (primary N) is 1. The summed E-state index contributed by atoms with van der Waals surface area (Å²) < 4.78 is 6.27. The van der Waals surface area contributed by atoms with Crippen molar-refractivity contribution in [3.63, 3.8) is 0 Å². The molecule has 1 unspecified atom stereocenters. The first-order chi connectivity index (χ1) is 8.60. The van der Waals surface area contributed by atoms with Crippen LogP contribution in [-0.4, -0.2) is 16.7 Å². The lowest BCUT2D eigenvalue weighted by molar-refractivity contribution is 0.360. The number of nitrogens with zero attached hydrogens (tertiary/aromatic N) is 2. The Morgan fingerprint density at radius 1 is 1.44 bits per heavy atom. The van der Waals surface area contributed by atoms with Crippen LogP contribution in [0.2, 0.25) is 0 Å². The lowest BCUT2D eigenvalue weighted by Crippen LogP contribution is -2.13. The summed E-state index contributed by atoms with van der Waals surface area (Å²) in [6.07, 6.45) is 0.719. The van der Waals surface area contributed by atoms with Crippen molar-refractivity contribution < 1.29 is 4.52 Å². The third-order valence-electron chi connectivity index (χ3n) is 2.82. The predicted molar refractivity (Wildman–Crippen MR) is 74.1 cm³/mol. The molecule has 0 saturated heterocycles. The average Bonchev–Trinajstić information content (AvgIpc) is 2.81. The van der Waals surface area contributed by atoms with E-state index in [4.69, 9.17) is 10.3 Å². The molecule has 0 spiro atoms. The van der Waals surface area contributed by atoms with Crippen LogP contribution >= 0.6 is 15.9 Å². The molecule has 2 N–H and O–H groups in total. The Labute approximate surface area is 115 Å². The van der Waals surface area contributed by atoms with Crippen molar-refractivity contribution in [1.29, 1.82) is 0 Å². The standard InChI is InChI=1S/C13H16BrN3O/c1-8(7-15)5-12-16-13(17-18-12)10-4-3-9(2)11(14)6-10/h3-4,6,8H,5,7,15H2,1-2H3. The first-order valence-corrected chi connectivity index (χ1v) is 6.68. The van der Waals surface area contributed by atoms with Crippen molar-refractivity contribution in [1.82, 2.24) is 10.1 Å². The summed E-state index contributed by atoms with van der Waals surface area (Å²) in [5, 5.41) is 4.00. The Morgan fingerprint density at radius 3 is 2.89 bits per heavy atom. The smallest absolute Gasteiger partial charge is 0.227 e. The van der Waals surface area contributed by atoms with E-state index in [0.717, 1.165) is 16.5 Å². The summed E-state index contributed by atoms with van der Waals surface area (Å²) in [5.41, 5.74) is 7.71. The Morgan fingerprint density at radius 2 is 2.22 bits per heavy atom. The maximum atomic E-state index is 5.58. The molecule has 1 heterocycles. The van der Waals surface area contributed by atoms with Crippen LogP contribution in [-0.2, 0) is 6.42 Å². The van der Waals surface area contributed by atoms with Gasteiger partial charge in [0.25, 0.3) is 0 Å². The molecule has 18 heavy (non-hydrogen) atoms. The van der Waals surface area contributed by atoms with Gasteiger partial charge in [-0.2, -0.15) is 4.98 Å². The highest BCUT2D eigenvalue weighted by Crippen LogP contribution is 2.23. The van der Waals surface area contributed by atoms with Gasteiger partial charge in [0.1, 0.15) is 0 Å². The van der Waals surface area contributed by atoms with Gasteiger partial charge in [0.05, 0.1) is 0 Å². The molecule has 2 aromatic rings. The van der Waals surface area contributed by atoms with Crippen molar-refractivity contribution in [2.24, 2.45) is 11.7 Å². The minimum absolute atomic E-state index is 0.350. The molecule has 96 valence electrons. The Hall–Kier alpha value is -1.20. The fourth-order valence-corrected chi connectivity index (χ4v) is 1.95. The van der Waals surface area contributed by atoms with E-state index in [9.17, 15) is 0 Å². The zero-order chi connectivity index (χ0) is 13.1. The van der Waals surface area contributed by atoms with Crippen LogP contribution in [0.4, 0.5) is 0 Å². The summed E-state index contributed by atoms with van der Waals surface area (Å²) in [7, 11) is 0. The predicted octanol–water partition coefficient (Wildman–Crippen LogP) is 2.94. The van der Waals surface area contributed by atoms with Gasteiger partial charge in [-0.15, -0.1) is 0 Å². The van der Waals surface area contributed by atoms with Crippen LogP contribution < -0.4 is 5.73 Å². The summed E-state index contributed by atoms with van der Waals surface area (Å²) in [5.74, 6) is 1.61. The Balaban J connectivity index is 2.21. The fourth-order valence-electron chi connectivity index (χ4n) is 1.57. The molecule has 5 heteroatoms. The molecule has 0 amide bonds. The van der Waals surface area contributed by atoms with Crippen LogP contribution in [0, 0.1) is 12.8 Å². The second kappa shape index (κ2) is 5.63. The van der Waals surface area contributed by atoms with E-state index in [0.29, 0.717) is 24.2 Å². The van der Waals surface area contributed by atoms with E-state index in [1.165, 1.54) is 5.56 Å². The second-order valence-corrected chi connectivity index (χ2v) is 5.38. The van der Waals surface area contributed by atoms with E-state index >= 15 is 0 Å². The molecule has 1 aromatic carbocycles. The van der Waals surface area contributed by atoms with Gasteiger partial charge < -0.3 is 10.3 Å². The van der Waals surface area contributed by atoms with Crippen molar-refractivity contribution in [2.75, 3.05) is 6.54 Å². The van der Waals surface area contributed by atoms with Crippen molar-refractivity contribution in [3.8, 4) is 11.4 Å². The van der Waals surface area contributed by atoms with E-state index in [1.807, 2.05) is 25.1 Å². The van der Waals surface area contributed by atoms with Gasteiger partial charge in [0, 0.05) is 16.5 Å². The first kappa shape index (κ1) is 13.2. The van der Waals surface area contributed by atoms with E-state index < -0.39 is 0 Å². The van der Waals surface area contributed by atoms with Crippen LogP contribution in [0.5, 0.6) is 0 Å². The normalized spacial score (nSPS) is 12.7.